The van der Waals surface area contributed by atoms with E-state index in [4.69, 9.17) is 9.41 Å². The molecule has 6 aromatic carbocycles. The second-order valence-corrected chi connectivity index (χ2v) is 13.9. The van der Waals surface area contributed by atoms with Crippen LogP contribution in [-0.2, 0) is 0 Å². The second-order valence-electron chi connectivity index (χ2n) is 12.7. The molecule has 3 atom stereocenters. The van der Waals surface area contributed by atoms with E-state index in [0.717, 1.165) is 33.2 Å². The van der Waals surface area contributed by atoms with Crippen molar-refractivity contribution in [2.45, 2.75) is 23.1 Å². The fourth-order valence-electron chi connectivity index (χ4n) is 7.61. The molecule has 0 aliphatic carbocycles. The van der Waals surface area contributed by atoms with Gasteiger partial charge >= 0.3 is 0 Å². The summed E-state index contributed by atoms with van der Waals surface area (Å²) < 4.78 is 8.84. The molecule has 9 rings (SSSR count). The summed E-state index contributed by atoms with van der Waals surface area (Å²) in [6.07, 6.45) is 6.07. The van der Waals surface area contributed by atoms with Crippen molar-refractivity contribution in [1.82, 2.24) is 4.57 Å². The highest BCUT2D eigenvalue weighted by Gasteiger charge is 2.36. The van der Waals surface area contributed by atoms with Gasteiger partial charge in [-0.05, 0) is 71.4 Å². The highest BCUT2D eigenvalue weighted by molar-refractivity contribution is 8.00. The molecule has 0 saturated heterocycles. The Morgan fingerprint density at radius 1 is 0.796 bits per heavy atom. The van der Waals surface area contributed by atoms with Crippen molar-refractivity contribution < 1.29 is 4.42 Å². The average molecular weight is 652 g/mol. The Bertz CT molecular complexity index is 2680. The maximum atomic E-state index is 6.47. The first-order valence-corrected chi connectivity index (χ1v) is 17.5. The van der Waals surface area contributed by atoms with E-state index in [-0.39, 0.29) is 17.2 Å². The molecule has 0 bridgehead atoms. The Kier molecular flexibility index (Phi) is 7.10. The predicted octanol–water partition coefficient (Wildman–Crippen LogP) is 11.9. The third kappa shape index (κ3) is 4.68. The standard InChI is InChI=1S/C44H33N3OS/c1-4-5-13-27(2)43-42(32-17-9-11-21-39(32)49-43)46-44(45-3)33-18-12-20-38-41(33)34-26-29(23-25-37(34)48-38)47-35-19-10-8-16-31(35)40-30-15-7-6-14-28(30)22-24-36(40)47/h4-27,42-43H,1,3H2,2H3/b13-5-,46-44-/t27-,42?,43?/m0/s1. The first-order chi connectivity index (χ1) is 24.1. The van der Waals surface area contributed by atoms with Crippen molar-refractivity contribution >= 4 is 78.8 Å². The third-order valence-electron chi connectivity index (χ3n) is 9.83. The molecule has 49 heavy (non-hydrogen) atoms. The predicted molar refractivity (Wildman–Crippen MR) is 209 cm³/mol. The van der Waals surface area contributed by atoms with E-state index in [1.54, 1.807) is 0 Å². The van der Waals surface area contributed by atoms with Crippen LogP contribution in [0.3, 0.4) is 0 Å². The van der Waals surface area contributed by atoms with Crippen LogP contribution >= 0.6 is 11.8 Å². The molecule has 1 aliphatic rings. The Morgan fingerprint density at radius 3 is 2.49 bits per heavy atom. The Labute approximate surface area is 288 Å². The molecule has 5 heteroatoms. The number of fused-ring (bicyclic) bond motifs is 9. The summed E-state index contributed by atoms with van der Waals surface area (Å²) in [5, 5.41) is 7.21. The number of amidine groups is 1. The van der Waals surface area contributed by atoms with Gasteiger partial charge in [0.1, 0.15) is 11.2 Å². The number of rotatable bonds is 6. The molecule has 0 N–H and O–H groups in total. The number of aromatic nitrogens is 1. The number of para-hydroxylation sites is 1. The zero-order valence-corrected chi connectivity index (χ0v) is 27.9. The normalized spacial score (nSPS) is 17.1. The first kappa shape index (κ1) is 29.5. The lowest BCUT2D eigenvalue weighted by atomic mass is 9.95. The maximum Gasteiger partial charge on any atom is 0.155 e. The van der Waals surface area contributed by atoms with Crippen LogP contribution in [0.1, 0.15) is 24.1 Å². The molecule has 0 amide bonds. The summed E-state index contributed by atoms with van der Waals surface area (Å²) in [6.45, 7) is 10.2. The molecule has 3 heterocycles. The SMILES string of the molecule is C=C/C=C\[C@H](C)C1Sc2ccccc2C1/N=C(\N=C)c1cccc2oc3ccc(-n4c5ccccc5c5c6ccccc6ccc54)cc3c12. The minimum Gasteiger partial charge on any atom is -0.456 e. The monoisotopic (exact) mass is 651 g/mol. The summed E-state index contributed by atoms with van der Waals surface area (Å²) in [6, 6.07) is 42.9. The maximum absolute atomic E-state index is 6.47. The van der Waals surface area contributed by atoms with Crippen LogP contribution < -0.4 is 0 Å². The Hall–Kier alpha value is -5.65. The van der Waals surface area contributed by atoms with Crippen LogP contribution in [-0.4, -0.2) is 22.4 Å². The fraction of sp³-hybridized carbons (Fsp3) is 0.0909. The molecule has 1 aliphatic heterocycles. The van der Waals surface area contributed by atoms with Gasteiger partial charge in [0.05, 0.1) is 17.1 Å². The Balaban J connectivity index is 1.25. The molecular weight excluding hydrogens is 619 g/mol. The van der Waals surface area contributed by atoms with Crippen molar-refractivity contribution in [3.63, 3.8) is 0 Å². The van der Waals surface area contributed by atoms with Gasteiger partial charge in [-0.3, -0.25) is 4.99 Å². The largest absolute Gasteiger partial charge is 0.456 e. The van der Waals surface area contributed by atoms with Gasteiger partial charge in [-0.15, -0.1) is 11.8 Å². The third-order valence-corrected chi connectivity index (χ3v) is 11.4. The Morgan fingerprint density at radius 2 is 1.61 bits per heavy atom. The summed E-state index contributed by atoms with van der Waals surface area (Å²) >= 11 is 1.89. The molecule has 8 aromatic rings. The van der Waals surface area contributed by atoms with Crippen LogP contribution in [0.25, 0.3) is 60.2 Å². The van der Waals surface area contributed by atoms with E-state index in [1.807, 2.05) is 36.0 Å². The van der Waals surface area contributed by atoms with Gasteiger partial charge in [0, 0.05) is 42.9 Å². The summed E-state index contributed by atoms with van der Waals surface area (Å²) in [4.78, 5) is 11.2. The fourth-order valence-corrected chi connectivity index (χ4v) is 9.02. The number of benzene rings is 6. The van der Waals surface area contributed by atoms with Gasteiger partial charge in [0.2, 0.25) is 0 Å². The second kappa shape index (κ2) is 11.8. The lowest BCUT2D eigenvalue weighted by Crippen LogP contribution is -2.18. The van der Waals surface area contributed by atoms with Crippen LogP contribution in [0, 0.1) is 5.92 Å². The first-order valence-electron chi connectivity index (χ1n) is 16.6. The average Bonchev–Trinajstić information content (AvgIpc) is 3.82. The summed E-state index contributed by atoms with van der Waals surface area (Å²) in [5.41, 5.74) is 7.17. The van der Waals surface area contributed by atoms with Gasteiger partial charge in [-0.1, -0.05) is 111 Å². The molecule has 0 radical (unpaired) electrons. The van der Waals surface area contributed by atoms with Gasteiger partial charge < -0.3 is 8.98 Å². The van der Waals surface area contributed by atoms with Gasteiger partial charge in [0.25, 0.3) is 0 Å². The number of furan rings is 1. The molecule has 2 unspecified atom stereocenters. The quantitative estimate of drug-likeness (QED) is 0.102. The molecule has 0 fully saturated rings. The van der Waals surface area contributed by atoms with Crippen molar-refractivity contribution in [3.8, 4) is 5.69 Å². The minimum absolute atomic E-state index is 0.0810. The minimum atomic E-state index is -0.0810. The van der Waals surface area contributed by atoms with Gasteiger partial charge in [-0.2, -0.15) is 0 Å². The van der Waals surface area contributed by atoms with Crippen LogP contribution in [0.2, 0.25) is 0 Å². The zero-order valence-electron chi connectivity index (χ0n) is 27.1. The highest BCUT2D eigenvalue weighted by Crippen LogP contribution is 2.50. The van der Waals surface area contributed by atoms with Crippen LogP contribution in [0.5, 0.6) is 0 Å². The van der Waals surface area contributed by atoms with E-state index in [9.17, 15) is 0 Å². The van der Waals surface area contributed by atoms with E-state index in [0.29, 0.717) is 5.84 Å². The smallest absolute Gasteiger partial charge is 0.155 e. The molecule has 0 spiro atoms. The number of hydrogen-bond acceptors (Lipinski definition) is 3. The van der Waals surface area contributed by atoms with Gasteiger partial charge in [0.15, 0.2) is 5.84 Å². The lowest BCUT2D eigenvalue weighted by Gasteiger charge is -2.21. The summed E-state index contributed by atoms with van der Waals surface area (Å²) in [7, 11) is 0. The van der Waals surface area contributed by atoms with Crippen molar-refractivity contribution in [2.24, 2.45) is 15.9 Å². The molecule has 236 valence electrons. The molecule has 4 nitrogen and oxygen atoms in total. The van der Waals surface area contributed by atoms with Gasteiger partial charge in [-0.25, -0.2) is 4.99 Å². The van der Waals surface area contributed by atoms with Crippen LogP contribution in [0.15, 0.2) is 165 Å². The number of allylic oxidation sites excluding steroid dienone is 3. The number of thioether (sulfide) groups is 1. The van der Waals surface area contributed by atoms with Crippen LogP contribution in [0.4, 0.5) is 0 Å². The summed E-state index contributed by atoms with van der Waals surface area (Å²) in [5.74, 6) is 0.890. The number of nitrogens with zero attached hydrogens (tertiary/aromatic N) is 3. The molecule has 2 aromatic heterocycles. The van der Waals surface area contributed by atoms with E-state index >= 15 is 0 Å². The van der Waals surface area contributed by atoms with E-state index in [2.05, 4.69) is 145 Å². The highest BCUT2D eigenvalue weighted by atomic mass is 32.2. The number of hydrogen-bond donors (Lipinski definition) is 0. The van der Waals surface area contributed by atoms with Crippen molar-refractivity contribution in [2.75, 3.05) is 0 Å². The lowest BCUT2D eigenvalue weighted by molar-refractivity contribution is 0.580. The zero-order chi connectivity index (χ0) is 33.1. The molecular formula is C44H33N3OS. The number of aliphatic imine (C=N–C) groups is 2. The van der Waals surface area contributed by atoms with E-state index in [1.165, 1.54) is 43.0 Å². The van der Waals surface area contributed by atoms with E-state index < -0.39 is 0 Å². The van der Waals surface area contributed by atoms with Crippen molar-refractivity contribution in [3.05, 3.63) is 157 Å². The topological polar surface area (TPSA) is 42.8 Å². The van der Waals surface area contributed by atoms with Crippen molar-refractivity contribution in [1.29, 1.82) is 0 Å². The molecule has 0 saturated carbocycles.